The molecule has 12 aromatic rings. The molecule has 3 nitrogen and oxygen atoms in total. The van der Waals surface area contributed by atoms with Gasteiger partial charge in [-0.3, -0.25) is 0 Å². The van der Waals surface area contributed by atoms with Crippen molar-refractivity contribution in [1.29, 1.82) is 0 Å². The lowest BCUT2D eigenvalue weighted by atomic mass is 9.68. The van der Waals surface area contributed by atoms with Crippen LogP contribution in [0.5, 0.6) is 0 Å². The molecule has 0 unspecified atom stereocenters. The maximum atomic E-state index is 7.33. The van der Waals surface area contributed by atoms with Crippen molar-refractivity contribution >= 4 is 49.3 Å². The van der Waals surface area contributed by atoms with Gasteiger partial charge in [-0.1, -0.05) is 182 Å². The third-order valence-electron chi connectivity index (χ3n) is 13.8. The van der Waals surface area contributed by atoms with E-state index in [-0.39, 0.29) is 0 Å². The second-order valence-corrected chi connectivity index (χ2v) is 17.1. The number of nitrogens with zero attached hydrogens (tertiary/aromatic N) is 3. The van der Waals surface area contributed by atoms with E-state index >= 15 is 0 Å². The number of hydrogen-bond acceptors (Lipinski definition) is 0. The van der Waals surface area contributed by atoms with Crippen LogP contribution in [-0.2, 0) is 5.41 Å². The molecule has 0 fully saturated rings. The highest BCUT2D eigenvalue weighted by atomic mass is 15.0. The molecule has 0 radical (unpaired) electrons. The van der Waals surface area contributed by atoms with E-state index in [1.54, 1.807) is 0 Å². The van der Waals surface area contributed by atoms with Gasteiger partial charge >= 0.3 is 0 Å². The maximum absolute atomic E-state index is 7.33. The number of para-hydroxylation sites is 2. The van der Waals surface area contributed by atoms with Gasteiger partial charge in [-0.05, 0) is 105 Å². The van der Waals surface area contributed by atoms with E-state index in [1.165, 1.54) is 93.8 Å². The van der Waals surface area contributed by atoms with Crippen LogP contribution in [0.4, 0.5) is 5.69 Å². The summed E-state index contributed by atoms with van der Waals surface area (Å²) in [5.41, 5.74) is 19.4. The molecule has 0 atom stereocenters. The highest BCUT2D eigenvalue weighted by Crippen LogP contribution is 2.58. The summed E-state index contributed by atoms with van der Waals surface area (Å²) in [7, 11) is 0. The minimum Gasteiger partial charge on any atom is -0.309 e. The molecule has 1 aliphatic carbocycles. The zero-order chi connectivity index (χ0) is 43.1. The molecule has 302 valence electrons. The van der Waals surface area contributed by atoms with E-state index in [4.69, 9.17) is 6.57 Å². The summed E-state index contributed by atoms with van der Waals surface area (Å²) in [5, 5.41) is 4.90. The zero-order valence-electron chi connectivity index (χ0n) is 35.4. The van der Waals surface area contributed by atoms with Gasteiger partial charge < -0.3 is 9.13 Å². The molecule has 65 heavy (non-hydrogen) atoms. The van der Waals surface area contributed by atoms with Crippen molar-refractivity contribution in [3.8, 4) is 44.8 Å². The van der Waals surface area contributed by atoms with Crippen LogP contribution in [0.3, 0.4) is 0 Å². The Morgan fingerprint density at radius 2 is 0.831 bits per heavy atom. The van der Waals surface area contributed by atoms with Gasteiger partial charge in [0, 0.05) is 32.8 Å². The smallest absolute Gasteiger partial charge is 0.187 e. The summed E-state index contributed by atoms with van der Waals surface area (Å²) in [6.45, 7) is 7.33. The summed E-state index contributed by atoms with van der Waals surface area (Å²) in [4.78, 5) is 3.56. The van der Waals surface area contributed by atoms with E-state index in [0.29, 0.717) is 5.69 Å². The van der Waals surface area contributed by atoms with E-state index in [1.807, 2.05) is 24.3 Å². The molecule has 3 heteroatoms. The van der Waals surface area contributed by atoms with Gasteiger partial charge in [0.2, 0.25) is 0 Å². The highest BCUT2D eigenvalue weighted by molar-refractivity contribution is 6.13. The number of aromatic nitrogens is 2. The van der Waals surface area contributed by atoms with Crippen LogP contribution >= 0.6 is 0 Å². The number of fused-ring (bicyclic) bond motifs is 9. The SMILES string of the molecule is [C-]#[N+]c1ccc(-c2ccc(-n3c4ccccc4c4cc(-c5ccc6c(c5)c5ccccc5n6-c5cccc6c5-c5ccccc5C6(c5ccccc5)c5ccccc5)ccc43)cc2)cc1. The van der Waals surface area contributed by atoms with Gasteiger partial charge in [0.15, 0.2) is 5.69 Å². The first-order chi connectivity index (χ1) is 32.2. The lowest BCUT2D eigenvalue weighted by Gasteiger charge is -2.34. The molecule has 10 aromatic carbocycles. The average Bonchev–Trinajstić information content (AvgIpc) is 4.01. The lowest BCUT2D eigenvalue weighted by molar-refractivity contribution is 0.768. The molecule has 0 aliphatic heterocycles. The third-order valence-corrected chi connectivity index (χ3v) is 13.8. The van der Waals surface area contributed by atoms with E-state index in [9.17, 15) is 0 Å². The quantitative estimate of drug-likeness (QED) is 0.148. The Balaban J connectivity index is 0.968. The number of hydrogen-bond donors (Lipinski definition) is 0. The molecule has 0 spiro atoms. The number of rotatable bonds is 6. The monoisotopic (exact) mass is 825 g/mol. The van der Waals surface area contributed by atoms with Gasteiger partial charge in [0.25, 0.3) is 0 Å². The van der Waals surface area contributed by atoms with Crippen LogP contribution < -0.4 is 0 Å². The fourth-order valence-corrected chi connectivity index (χ4v) is 11.0. The minimum atomic E-state index is -0.478. The fraction of sp³-hybridized carbons (Fsp3) is 0.0161. The Kier molecular flexibility index (Phi) is 8.19. The molecular formula is C62H39N3. The van der Waals surface area contributed by atoms with Gasteiger partial charge in [0.1, 0.15) is 0 Å². The van der Waals surface area contributed by atoms with Gasteiger partial charge in [-0.25, -0.2) is 4.85 Å². The molecule has 1 aliphatic rings. The van der Waals surface area contributed by atoms with Gasteiger partial charge in [-0.2, -0.15) is 0 Å². The van der Waals surface area contributed by atoms with Crippen LogP contribution in [0.25, 0.3) is 93.2 Å². The molecular weight excluding hydrogens is 787 g/mol. The van der Waals surface area contributed by atoms with Crippen molar-refractivity contribution in [3.05, 3.63) is 270 Å². The first-order valence-corrected chi connectivity index (χ1v) is 22.2. The topological polar surface area (TPSA) is 14.2 Å². The summed E-state index contributed by atoms with van der Waals surface area (Å²) in [6, 6.07) is 86.2. The van der Waals surface area contributed by atoms with Crippen LogP contribution in [0.2, 0.25) is 0 Å². The third kappa shape index (κ3) is 5.41. The normalized spacial score (nSPS) is 12.7. The number of benzene rings is 10. The lowest BCUT2D eigenvalue weighted by Crippen LogP contribution is -2.28. The van der Waals surface area contributed by atoms with Crippen molar-refractivity contribution in [2.45, 2.75) is 5.41 Å². The van der Waals surface area contributed by atoms with Gasteiger partial charge in [0.05, 0.1) is 39.7 Å². The van der Waals surface area contributed by atoms with Crippen LogP contribution in [0.1, 0.15) is 22.3 Å². The van der Waals surface area contributed by atoms with Crippen molar-refractivity contribution in [1.82, 2.24) is 9.13 Å². The largest absolute Gasteiger partial charge is 0.309 e. The molecule has 0 amide bonds. The summed E-state index contributed by atoms with van der Waals surface area (Å²) < 4.78 is 4.87. The second kappa shape index (κ2) is 14.4. The maximum Gasteiger partial charge on any atom is 0.187 e. The van der Waals surface area contributed by atoms with Crippen LogP contribution in [0, 0.1) is 6.57 Å². The first kappa shape index (κ1) is 36.9. The Hall–Kier alpha value is -8.71. The Morgan fingerprint density at radius 1 is 0.354 bits per heavy atom. The van der Waals surface area contributed by atoms with Crippen molar-refractivity contribution in [3.63, 3.8) is 0 Å². The highest BCUT2D eigenvalue weighted by Gasteiger charge is 2.47. The molecule has 0 saturated carbocycles. The average molecular weight is 826 g/mol. The predicted octanol–water partition coefficient (Wildman–Crippen LogP) is 16.1. The summed E-state index contributed by atoms with van der Waals surface area (Å²) >= 11 is 0. The summed E-state index contributed by atoms with van der Waals surface area (Å²) in [6.07, 6.45) is 0. The standard InChI is InChI=1S/C62H39N3/c1-63-47-33-27-41(28-34-47)42-29-35-48(36-30-42)64-56-24-12-9-19-49(56)52-39-43(31-37-58(52)64)44-32-38-59-53(40-44)50-20-10-13-25-57(50)65(59)60-26-14-23-55-61(60)51-21-8-11-22-54(51)62(55,45-15-4-2-5-16-45)46-17-6-3-7-18-46/h2-40H. The van der Waals surface area contributed by atoms with E-state index in [2.05, 4.69) is 226 Å². The van der Waals surface area contributed by atoms with Crippen molar-refractivity contribution in [2.24, 2.45) is 0 Å². The Morgan fingerprint density at radius 3 is 1.45 bits per heavy atom. The molecule has 0 N–H and O–H groups in total. The van der Waals surface area contributed by atoms with E-state index < -0.39 is 5.41 Å². The minimum absolute atomic E-state index is 0.478. The molecule has 2 heterocycles. The predicted molar refractivity (Wildman–Crippen MR) is 270 cm³/mol. The fourth-order valence-electron chi connectivity index (χ4n) is 11.0. The zero-order valence-corrected chi connectivity index (χ0v) is 35.4. The molecule has 0 saturated heterocycles. The summed E-state index contributed by atoms with van der Waals surface area (Å²) in [5.74, 6) is 0. The van der Waals surface area contributed by atoms with Crippen LogP contribution in [0.15, 0.2) is 237 Å². The first-order valence-electron chi connectivity index (χ1n) is 22.2. The molecule has 13 rings (SSSR count). The Bertz CT molecular complexity index is 3830. The molecule has 0 bridgehead atoms. The van der Waals surface area contributed by atoms with Gasteiger partial charge in [-0.15, -0.1) is 0 Å². The van der Waals surface area contributed by atoms with E-state index in [0.717, 1.165) is 16.8 Å². The molecule has 2 aromatic heterocycles. The Labute approximate surface area is 377 Å². The van der Waals surface area contributed by atoms with Crippen molar-refractivity contribution < 1.29 is 0 Å². The van der Waals surface area contributed by atoms with Crippen LogP contribution in [-0.4, -0.2) is 9.13 Å². The van der Waals surface area contributed by atoms with Crippen molar-refractivity contribution in [2.75, 3.05) is 0 Å². The second-order valence-electron chi connectivity index (χ2n) is 17.1.